The highest BCUT2D eigenvalue weighted by Gasteiger charge is 2.21. The summed E-state index contributed by atoms with van der Waals surface area (Å²) >= 11 is 0. The fourth-order valence-electron chi connectivity index (χ4n) is 3.29. The van der Waals surface area contributed by atoms with E-state index in [1.54, 1.807) is 0 Å². The zero-order valence-electron chi connectivity index (χ0n) is 15.5. The topological polar surface area (TPSA) is 41.9 Å². The third kappa shape index (κ3) is 6.13. The lowest BCUT2D eigenvalue weighted by atomic mass is 10.1. The zero-order chi connectivity index (χ0) is 18.2. The van der Waals surface area contributed by atoms with E-state index in [9.17, 15) is 5.11 Å². The second-order valence-electron chi connectivity index (χ2n) is 7.09. The quantitative estimate of drug-likeness (QED) is 0.748. The lowest BCUT2D eigenvalue weighted by Gasteiger charge is -2.27. The first-order valence-corrected chi connectivity index (χ1v) is 9.44. The van der Waals surface area contributed by atoms with Gasteiger partial charge in [0.05, 0.1) is 6.10 Å². The summed E-state index contributed by atoms with van der Waals surface area (Å²) in [5.74, 6) is 0.788. The maximum absolute atomic E-state index is 10.5. The van der Waals surface area contributed by atoms with Gasteiger partial charge in [-0.25, -0.2) is 0 Å². The smallest absolute Gasteiger partial charge is 0.119 e. The van der Waals surface area contributed by atoms with Gasteiger partial charge in [-0.1, -0.05) is 48.0 Å². The summed E-state index contributed by atoms with van der Waals surface area (Å²) < 4.78 is 11.5. The van der Waals surface area contributed by atoms with Crippen LogP contribution in [0.1, 0.15) is 24.0 Å². The zero-order valence-corrected chi connectivity index (χ0v) is 15.5. The van der Waals surface area contributed by atoms with Crippen molar-refractivity contribution < 1.29 is 14.6 Å². The number of benzene rings is 2. The Balaban J connectivity index is 1.55. The molecule has 2 aromatic carbocycles. The number of nitrogens with zero attached hydrogens (tertiary/aromatic N) is 1. The van der Waals surface area contributed by atoms with Crippen LogP contribution >= 0.6 is 0 Å². The van der Waals surface area contributed by atoms with Gasteiger partial charge in [0, 0.05) is 26.2 Å². The Kier molecular flexibility index (Phi) is 7.06. The molecule has 1 heterocycles. The fourth-order valence-corrected chi connectivity index (χ4v) is 3.29. The van der Waals surface area contributed by atoms with Gasteiger partial charge in [-0.3, -0.25) is 4.90 Å². The Hall–Kier alpha value is -1.88. The van der Waals surface area contributed by atoms with E-state index in [1.807, 2.05) is 30.3 Å². The van der Waals surface area contributed by atoms with Crippen LogP contribution in [0.3, 0.4) is 0 Å². The molecule has 0 aliphatic carbocycles. The molecule has 2 aromatic rings. The van der Waals surface area contributed by atoms with Crippen LogP contribution < -0.4 is 4.74 Å². The van der Waals surface area contributed by atoms with Gasteiger partial charge in [0.1, 0.15) is 18.5 Å². The van der Waals surface area contributed by atoms with Crippen LogP contribution in [0.2, 0.25) is 0 Å². The number of hydrogen-bond donors (Lipinski definition) is 1. The van der Waals surface area contributed by atoms with Crippen LogP contribution in [0, 0.1) is 6.92 Å². The highest BCUT2D eigenvalue weighted by molar-refractivity contribution is 5.22. The monoisotopic (exact) mass is 355 g/mol. The molecule has 1 fully saturated rings. The molecule has 2 unspecified atom stereocenters. The molecular formula is C22H29NO3. The molecule has 140 valence electrons. The number of ether oxygens (including phenoxy) is 2. The molecule has 0 radical (unpaired) electrons. The van der Waals surface area contributed by atoms with Crippen LogP contribution in [0.25, 0.3) is 0 Å². The van der Waals surface area contributed by atoms with E-state index in [0.29, 0.717) is 13.2 Å². The van der Waals surface area contributed by atoms with E-state index in [-0.39, 0.29) is 6.10 Å². The predicted octanol–water partition coefficient (Wildman–Crippen LogP) is 3.42. The summed E-state index contributed by atoms with van der Waals surface area (Å²) in [6.07, 6.45) is 1.95. The molecule has 0 aromatic heterocycles. The molecule has 4 nitrogen and oxygen atoms in total. The van der Waals surface area contributed by atoms with Gasteiger partial charge >= 0.3 is 0 Å². The van der Waals surface area contributed by atoms with Gasteiger partial charge < -0.3 is 14.6 Å². The number of aryl methyl sites for hydroxylation is 1. The molecule has 0 bridgehead atoms. The van der Waals surface area contributed by atoms with Crippen molar-refractivity contribution in [2.24, 2.45) is 0 Å². The van der Waals surface area contributed by atoms with Crippen molar-refractivity contribution in [1.29, 1.82) is 0 Å². The lowest BCUT2D eigenvalue weighted by Crippen LogP contribution is -2.39. The average Bonchev–Trinajstić information content (AvgIpc) is 3.16. The molecule has 0 amide bonds. The SMILES string of the molecule is Cc1ccc(CN(CC(O)COc2ccccc2)CC2CCCO2)cc1. The van der Waals surface area contributed by atoms with Crippen LogP contribution in [0.15, 0.2) is 54.6 Å². The van der Waals surface area contributed by atoms with Crippen LogP contribution in [-0.2, 0) is 11.3 Å². The maximum Gasteiger partial charge on any atom is 0.119 e. The van der Waals surface area contributed by atoms with Crippen molar-refractivity contribution in [2.45, 2.75) is 38.5 Å². The van der Waals surface area contributed by atoms with E-state index in [2.05, 4.69) is 36.1 Å². The third-order valence-electron chi connectivity index (χ3n) is 4.67. The molecule has 0 saturated carbocycles. The number of hydrogen-bond acceptors (Lipinski definition) is 4. The third-order valence-corrected chi connectivity index (χ3v) is 4.67. The van der Waals surface area contributed by atoms with Gasteiger partial charge in [0.2, 0.25) is 0 Å². The summed E-state index contributed by atoms with van der Waals surface area (Å²) in [4.78, 5) is 2.28. The summed E-state index contributed by atoms with van der Waals surface area (Å²) in [5, 5.41) is 10.5. The van der Waals surface area contributed by atoms with E-state index in [1.165, 1.54) is 11.1 Å². The largest absolute Gasteiger partial charge is 0.491 e. The van der Waals surface area contributed by atoms with E-state index >= 15 is 0 Å². The first-order chi connectivity index (χ1) is 12.7. The first-order valence-electron chi connectivity index (χ1n) is 9.44. The number of aliphatic hydroxyl groups excluding tert-OH is 1. The van der Waals surface area contributed by atoms with Gasteiger partial charge in [0.25, 0.3) is 0 Å². The maximum atomic E-state index is 10.5. The van der Waals surface area contributed by atoms with Gasteiger partial charge in [-0.15, -0.1) is 0 Å². The standard InChI is InChI=1S/C22H29NO3/c1-18-9-11-19(12-10-18)14-23(16-22-8-5-13-25-22)15-20(24)17-26-21-6-3-2-4-7-21/h2-4,6-7,9-12,20,22,24H,5,8,13-17H2,1H3. The van der Waals surface area contributed by atoms with E-state index < -0.39 is 6.10 Å². The molecule has 3 rings (SSSR count). The molecule has 0 spiro atoms. The molecule has 1 aliphatic heterocycles. The number of para-hydroxylation sites is 1. The van der Waals surface area contributed by atoms with Crippen molar-refractivity contribution in [3.05, 3.63) is 65.7 Å². The second kappa shape index (κ2) is 9.72. The van der Waals surface area contributed by atoms with Gasteiger partial charge in [-0.2, -0.15) is 0 Å². The predicted molar refractivity (Wildman–Crippen MR) is 103 cm³/mol. The highest BCUT2D eigenvalue weighted by atomic mass is 16.5. The average molecular weight is 355 g/mol. The second-order valence-corrected chi connectivity index (χ2v) is 7.09. The van der Waals surface area contributed by atoms with Crippen molar-refractivity contribution in [3.63, 3.8) is 0 Å². The van der Waals surface area contributed by atoms with Crippen molar-refractivity contribution in [1.82, 2.24) is 4.90 Å². The highest BCUT2D eigenvalue weighted by Crippen LogP contribution is 2.16. The lowest BCUT2D eigenvalue weighted by molar-refractivity contribution is 0.0313. The summed E-state index contributed by atoms with van der Waals surface area (Å²) in [6, 6.07) is 18.2. The molecule has 4 heteroatoms. The number of rotatable bonds is 9. The van der Waals surface area contributed by atoms with Crippen molar-refractivity contribution in [2.75, 3.05) is 26.3 Å². The fraction of sp³-hybridized carbons (Fsp3) is 0.455. The van der Waals surface area contributed by atoms with Gasteiger partial charge in [-0.05, 0) is 37.5 Å². The molecule has 1 aliphatic rings. The first kappa shape index (κ1) is 18.9. The van der Waals surface area contributed by atoms with Crippen LogP contribution in [0.4, 0.5) is 0 Å². The Morgan fingerprint density at radius 2 is 1.92 bits per heavy atom. The normalized spacial score (nSPS) is 18.2. The van der Waals surface area contributed by atoms with Crippen molar-refractivity contribution in [3.8, 4) is 5.75 Å². The van der Waals surface area contributed by atoms with Gasteiger partial charge in [0.15, 0.2) is 0 Å². The van der Waals surface area contributed by atoms with Crippen LogP contribution in [0.5, 0.6) is 5.75 Å². The Morgan fingerprint density at radius 1 is 1.15 bits per heavy atom. The Morgan fingerprint density at radius 3 is 2.62 bits per heavy atom. The minimum Gasteiger partial charge on any atom is -0.491 e. The molecule has 1 saturated heterocycles. The minimum atomic E-state index is -0.540. The number of aliphatic hydroxyl groups is 1. The van der Waals surface area contributed by atoms with E-state index in [0.717, 1.165) is 38.3 Å². The molecule has 26 heavy (non-hydrogen) atoms. The van der Waals surface area contributed by atoms with Crippen molar-refractivity contribution >= 4 is 0 Å². The summed E-state index contributed by atoms with van der Waals surface area (Å²) in [6.45, 7) is 5.46. The molecule has 1 N–H and O–H groups in total. The molecular weight excluding hydrogens is 326 g/mol. The van der Waals surface area contributed by atoms with Crippen LogP contribution in [-0.4, -0.2) is 48.5 Å². The summed E-state index contributed by atoms with van der Waals surface area (Å²) in [7, 11) is 0. The minimum absolute atomic E-state index is 0.266. The Labute approximate surface area is 156 Å². The Bertz CT molecular complexity index is 638. The summed E-state index contributed by atoms with van der Waals surface area (Å²) in [5.41, 5.74) is 2.51. The molecule has 2 atom stereocenters. The van der Waals surface area contributed by atoms with E-state index in [4.69, 9.17) is 9.47 Å².